The Labute approximate surface area is 193 Å². The highest BCUT2D eigenvalue weighted by atomic mass is 16.5. The number of ether oxygens (including phenoxy) is 1. The first-order chi connectivity index (χ1) is 15.8. The van der Waals surface area contributed by atoms with Gasteiger partial charge in [0.15, 0.2) is 6.61 Å². The zero-order valence-electron chi connectivity index (χ0n) is 18.8. The van der Waals surface area contributed by atoms with E-state index in [-0.39, 0.29) is 29.7 Å². The third kappa shape index (κ3) is 6.93. The summed E-state index contributed by atoms with van der Waals surface area (Å²) in [6.07, 6.45) is 0. The molecule has 3 aromatic rings. The van der Waals surface area contributed by atoms with Crippen LogP contribution in [0.5, 0.6) is 5.75 Å². The van der Waals surface area contributed by atoms with Crippen molar-refractivity contribution in [3.63, 3.8) is 0 Å². The van der Waals surface area contributed by atoms with Gasteiger partial charge in [-0.1, -0.05) is 47.5 Å². The molecule has 0 saturated carbocycles. The summed E-state index contributed by atoms with van der Waals surface area (Å²) in [6.45, 7) is 5.26. The minimum absolute atomic E-state index is 0.232. The molecule has 1 atom stereocenters. The Morgan fingerprint density at radius 2 is 1.33 bits per heavy atom. The van der Waals surface area contributed by atoms with Gasteiger partial charge in [-0.2, -0.15) is 0 Å². The highest BCUT2D eigenvalue weighted by molar-refractivity contribution is 6.02. The normalized spacial score (nSPS) is 11.2. The predicted octanol–water partition coefficient (Wildman–Crippen LogP) is 4.08. The standard InChI is InChI=1S/C26H27N3O4/c1-17-8-12-20(13-9-17)28-24(30)16-33-23-7-5-4-6-22(23)26(32)27-19(3)25(31)29-21-14-10-18(2)11-15-21/h4-15,19H,16H2,1-3H3,(H,27,32)(H,28,30)(H,29,31)/t19-/m0/s1. The number of aryl methyl sites for hydroxylation is 2. The maximum Gasteiger partial charge on any atom is 0.262 e. The monoisotopic (exact) mass is 445 g/mol. The van der Waals surface area contributed by atoms with Crippen LogP contribution in [0.15, 0.2) is 72.8 Å². The van der Waals surface area contributed by atoms with Gasteiger partial charge in [0, 0.05) is 11.4 Å². The molecule has 0 spiro atoms. The largest absolute Gasteiger partial charge is 0.483 e. The molecule has 0 bridgehead atoms. The van der Waals surface area contributed by atoms with Gasteiger partial charge in [0.25, 0.3) is 11.8 Å². The molecule has 3 aromatic carbocycles. The van der Waals surface area contributed by atoms with Crippen molar-refractivity contribution in [3.8, 4) is 5.75 Å². The van der Waals surface area contributed by atoms with Crippen LogP contribution in [0.4, 0.5) is 11.4 Å². The topological polar surface area (TPSA) is 96.5 Å². The van der Waals surface area contributed by atoms with E-state index in [4.69, 9.17) is 4.74 Å². The van der Waals surface area contributed by atoms with Gasteiger partial charge in [-0.05, 0) is 57.2 Å². The van der Waals surface area contributed by atoms with Crippen molar-refractivity contribution in [1.29, 1.82) is 0 Å². The van der Waals surface area contributed by atoms with Crippen LogP contribution in [0.2, 0.25) is 0 Å². The zero-order valence-corrected chi connectivity index (χ0v) is 18.8. The summed E-state index contributed by atoms with van der Waals surface area (Å²) < 4.78 is 5.59. The van der Waals surface area contributed by atoms with Gasteiger partial charge in [0.05, 0.1) is 5.56 Å². The number of rotatable bonds is 8. The number of carbonyl (C=O) groups is 3. The van der Waals surface area contributed by atoms with Crippen molar-refractivity contribution >= 4 is 29.1 Å². The highest BCUT2D eigenvalue weighted by Crippen LogP contribution is 2.18. The summed E-state index contributed by atoms with van der Waals surface area (Å²) in [5.41, 5.74) is 3.71. The van der Waals surface area contributed by atoms with Crippen molar-refractivity contribution in [3.05, 3.63) is 89.5 Å². The molecule has 3 N–H and O–H groups in total. The maximum absolute atomic E-state index is 12.8. The van der Waals surface area contributed by atoms with Gasteiger partial charge in [-0.3, -0.25) is 14.4 Å². The Morgan fingerprint density at radius 1 is 0.788 bits per heavy atom. The number of benzene rings is 3. The Hall–Kier alpha value is -4.13. The minimum atomic E-state index is -0.781. The van der Waals surface area contributed by atoms with Crippen LogP contribution in [0.3, 0.4) is 0 Å². The molecule has 7 heteroatoms. The average Bonchev–Trinajstić information content (AvgIpc) is 2.80. The van der Waals surface area contributed by atoms with Gasteiger partial charge in [0.1, 0.15) is 11.8 Å². The van der Waals surface area contributed by atoms with Crippen LogP contribution in [0, 0.1) is 13.8 Å². The van der Waals surface area contributed by atoms with E-state index in [2.05, 4.69) is 16.0 Å². The Balaban J connectivity index is 1.57. The van der Waals surface area contributed by atoms with Crippen LogP contribution in [0.25, 0.3) is 0 Å². The Bertz CT molecular complexity index is 1130. The van der Waals surface area contributed by atoms with Crippen molar-refractivity contribution in [2.45, 2.75) is 26.8 Å². The van der Waals surface area contributed by atoms with Crippen molar-refractivity contribution in [2.75, 3.05) is 17.2 Å². The minimum Gasteiger partial charge on any atom is -0.483 e. The van der Waals surface area contributed by atoms with E-state index < -0.39 is 11.9 Å². The molecule has 7 nitrogen and oxygen atoms in total. The molecule has 0 fully saturated rings. The lowest BCUT2D eigenvalue weighted by Gasteiger charge is -2.16. The van der Waals surface area contributed by atoms with Gasteiger partial charge < -0.3 is 20.7 Å². The van der Waals surface area contributed by atoms with Crippen molar-refractivity contribution in [1.82, 2.24) is 5.32 Å². The van der Waals surface area contributed by atoms with E-state index in [1.165, 1.54) is 0 Å². The first kappa shape index (κ1) is 23.5. The molecular formula is C26H27N3O4. The van der Waals surface area contributed by atoms with E-state index in [0.29, 0.717) is 11.4 Å². The first-order valence-corrected chi connectivity index (χ1v) is 10.6. The number of anilines is 2. The lowest BCUT2D eigenvalue weighted by Crippen LogP contribution is -2.41. The van der Waals surface area contributed by atoms with E-state index in [1.54, 1.807) is 55.5 Å². The smallest absolute Gasteiger partial charge is 0.262 e. The molecule has 33 heavy (non-hydrogen) atoms. The first-order valence-electron chi connectivity index (χ1n) is 10.6. The highest BCUT2D eigenvalue weighted by Gasteiger charge is 2.19. The number of nitrogens with one attached hydrogen (secondary N) is 3. The molecule has 0 radical (unpaired) electrons. The second kappa shape index (κ2) is 10.9. The van der Waals surface area contributed by atoms with Crippen LogP contribution < -0.4 is 20.7 Å². The number of hydrogen-bond donors (Lipinski definition) is 3. The molecule has 170 valence electrons. The fourth-order valence-electron chi connectivity index (χ4n) is 2.98. The summed E-state index contributed by atoms with van der Waals surface area (Å²) in [5, 5.41) is 8.18. The van der Waals surface area contributed by atoms with Crippen molar-refractivity contribution < 1.29 is 19.1 Å². The molecular weight excluding hydrogens is 418 g/mol. The fraction of sp³-hybridized carbons (Fsp3) is 0.192. The van der Waals surface area contributed by atoms with Crippen LogP contribution in [-0.4, -0.2) is 30.4 Å². The molecule has 0 saturated heterocycles. The molecule has 0 aromatic heterocycles. The molecule has 3 rings (SSSR count). The number of carbonyl (C=O) groups excluding carboxylic acids is 3. The van der Waals surface area contributed by atoms with Gasteiger partial charge >= 0.3 is 0 Å². The van der Waals surface area contributed by atoms with Crippen molar-refractivity contribution in [2.24, 2.45) is 0 Å². The molecule has 0 unspecified atom stereocenters. The summed E-state index contributed by atoms with van der Waals surface area (Å²) in [7, 11) is 0. The molecule has 0 heterocycles. The third-order valence-electron chi connectivity index (χ3n) is 4.89. The van der Waals surface area contributed by atoms with Crippen LogP contribution in [0.1, 0.15) is 28.4 Å². The molecule has 3 amide bonds. The van der Waals surface area contributed by atoms with E-state index in [0.717, 1.165) is 11.1 Å². The molecule has 0 aliphatic heterocycles. The predicted molar refractivity (Wildman–Crippen MR) is 128 cm³/mol. The van der Waals surface area contributed by atoms with Gasteiger partial charge in [-0.15, -0.1) is 0 Å². The lowest BCUT2D eigenvalue weighted by molar-refractivity contribution is -0.118. The Kier molecular flexibility index (Phi) is 7.81. The number of amides is 3. The summed E-state index contributed by atoms with van der Waals surface area (Å²) in [5.74, 6) is -0.917. The van der Waals surface area contributed by atoms with Gasteiger partial charge in [0.2, 0.25) is 5.91 Å². The lowest BCUT2D eigenvalue weighted by atomic mass is 10.1. The van der Waals surface area contributed by atoms with E-state index >= 15 is 0 Å². The summed E-state index contributed by atoms with van der Waals surface area (Å²) >= 11 is 0. The molecule has 0 aliphatic carbocycles. The Morgan fingerprint density at radius 3 is 1.94 bits per heavy atom. The number of para-hydroxylation sites is 1. The maximum atomic E-state index is 12.8. The zero-order chi connectivity index (χ0) is 23.8. The second-order valence-corrected chi connectivity index (χ2v) is 7.75. The van der Waals surface area contributed by atoms with Gasteiger partial charge in [-0.25, -0.2) is 0 Å². The molecule has 0 aliphatic rings. The van der Waals surface area contributed by atoms with Crippen LogP contribution in [-0.2, 0) is 9.59 Å². The fourth-order valence-corrected chi connectivity index (χ4v) is 2.98. The third-order valence-corrected chi connectivity index (χ3v) is 4.89. The summed E-state index contributed by atoms with van der Waals surface area (Å²) in [4.78, 5) is 37.4. The van der Waals surface area contributed by atoms with Crippen LogP contribution >= 0.6 is 0 Å². The SMILES string of the molecule is Cc1ccc(NC(=O)COc2ccccc2C(=O)N[C@@H](C)C(=O)Nc2ccc(C)cc2)cc1. The average molecular weight is 446 g/mol. The number of hydrogen-bond acceptors (Lipinski definition) is 4. The summed E-state index contributed by atoms with van der Waals surface area (Å²) in [6, 6.07) is 20.6. The quantitative estimate of drug-likeness (QED) is 0.487. The second-order valence-electron chi connectivity index (χ2n) is 7.75. The van der Waals surface area contributed by atoms with E-state index in [1.807, 2.05) is 38.1 Å². The van der Waals surface area contributed by atoms with E-state index in [9.17, 15) is 14.4 Å².